The highest BCUT2D eigenvalue weighted by molar-refractivity contribution is 5.96. The van der Waals surface area contributed by atoms with E-state index in [4.69, 9.17) is 28.4 Å². The molecule has 0 amide bonds. The second-order valence-corrected chi connectivity index (χ2v) is 7.24. The molecular formula is C22H26O11. The lowest BCUT2D eigenvalue weighted by Crippen LogP contribution is -2.63. The molecule has 0 spiro atoms. The van der Waals surface area contributed by atoms with Crippen molar-refractivity contribution in [3.8, 4) is 5.75 Å². The lowest BCUT2D eigenvalue weighted by molar-refractivity contribution is -0.288. The second kappa shape index (κ2) is 11.4. The topological polar surface area (TPSA) is 141 Å². The lowest BCUT2D eigenvalue weighted by atomic mass is 9.98. The maximum Gasteiger partial charge on any atom is 0.303 e. The van der Waals surface area contributed by atoms with E-state index < -0.39 is 54.6 Å². The molecule has 180 valence electrons. The average Bonchev–Trinajstić information content (AvgIpc) is 2.70. The van der Waals surface area contributed by atoms with Crippen molar-refractivity contribution in [3.05, 3.63) is 29.8 Å². The van der Waals surface area contributed by atoms with Gasteiger partial charge in [0.25, 0.3) is 0 Å². The number of carbonyl (C=O) groups excluding carboxylic acids is 5. The molecule has 1 saturated heterocycles. The Morgan fingerprint density at radius 1 is 0.758 bits per heavy atom. The van der Waals surface area contributed by atoms with Crippen molar-refractivity contribution in [2.45, 2.75) is 65.3 Å². The summed E-state index contributed by atoms with van der Waals surface area (Å²) >= 11 is 0. The number of ether oxygens (including phenoxy) is 6. The minimum atomic E-state index is -1.41. The number of benzene rings is 1. The standard InChI is InChI=1S/C22H26O11/c1-11(23)16-8-6-7-9-17(16)32-22-21(31-15(5)27)20(30-14(4)26)19(29-13(3)25)18(33-22)10-28-12(2)24/h6-9,18-22H,10H2,1-5H3/t18-,19-,20+,21-,22-/m1/s1. The summed E-state index contributed by atoms with van der Waals surface area (Å²) in [5.41, 5.74) is 0.227. The van der Waals surface area contributed by atoms with Gasteiger partial charge in [-0.15, -0.1) is 0 Å². The van der Waals surface area contributed by atoms with Crippen molar-refractivity contribution in [1.29, 1.82) is 0 Å². The second-order valence-electron chi connectivity index (χ2n) is 7.24. The Kier molecular flexibility index (Phi) is 8.92. The van der Waals surface area contributed by atoms with Crippen LogP contribution in [0.3, 0.4) is 0 Å². The molecule has 11 nitrogen and oxygen atoms in total. The molecular weight excluding hydrogens is 440 g/mol. The highest BCUT2D eigenvalue weighted by Gasteiger charge is 2.53. The fourth-order valence-electron chi connectivity index (χ4n) is 3.27. The van der Waals surface area contributed by atoms with Crippen molar-refractivity contribution in [2.75, 3.05) is 6.61 Å². The lowest BCUT2D eigenvalue weighted by Gasteiger charge is -2.44. The minimum Gasteiger partial charge on any atom is -0.463 e. The smallest absolute Gasteiger partial charge is 0.303 e. The number of Topliss-reactive ketones (excluding diaryl/α,β-unsaturated/α-hetero) is 1. The largest absolute Gasteiger partial charge is 0.463 e. The Hall–Kier alpha value is -3.47. The minimum absolute atomic E-state index is 0.117. The number of esters is 4. The zero-order valence-electron chi connectivity index (χ0n) is 18.9. The van der Waals surface area contributed by atoms with Gasteiger partial charge >= 0.3 is 23.9 Å². The van der Waals surface area contributed by atoms with Crippen LogP contribution in [0.1, 0.15) is 45.0 Å². The van der Waals surface area contributed by atoms with Crippen LogP contribution < -0.4 is 4.74 Å². The molecule has 5 atom stereocenters. The average molecular weight is 466 g/mol. The first-order valence-corrected chi connectivity index (χ1v) is 10.1. The molecule has 33 heavy (non-hydrogen) atoms. The van der Waals surface area contributed by atoms with Crippen molar-refractivity contribution < 1.29 is 52.4 Å². The molecule has 0 aromatic heterocycles. The molecule has 0 saturated carbocycles. The van der Waals surface area contributed by atoms with Crippen LogP contribution in [0.2, 0.25) is 0 Å². The van der Waals surface area contributed by atoms with Gasteiger partial charge in [-0.2, -0.15) is 0 Å². The summed E-state index contributed by atoms with van der Waals surface area (Å²) in [5, 5.41) is 0. The van der Waals surface area contributed by atoms with Gasteiger partial charge in [0.15, 0.2) is 18.0 Å². The van der Waals surface area contributed by atoms with Crippen LogP contribution in [0.25, 0.3) is 0 Å². The number of carbonyl (C=O) groups is 5. The van der Waals surface area contributed by atoms with Crippen LogP contribution in [-0.4, -0.2) is 67.0 Å². The normalized spacial score (nSPS) is 24.2. The van der Waals surface area contributed by atoms with Gasteiger partial charge in [-0.3, -0.25) is 24.0 Å². The summed E-state index contributed by atoms with van der Waals surface area (Å²) in [7, 11) is 0. The summed E-state index contributed by atoms with van der Waals surface area (Å²) in [4.78, 5) is 58.8. The Morgan fingerprint density at radius 2 is 1.30 bits per heavy atom. The SMILES string of the molecule is CC(=O)OC[C@H]1O[C@@H](Oc2ccccc2C(C)=O)[C@H](OC(C)=O)[C@@H](OC(C)=O)[C@@H]1OC(C)=O. The number of ketones is 1. The summed E-state index contributed by atoms with van der Waals surface area (Å²) in [6, 6.07) is 6.29. The molecule has 2 rings (SSSR count). The van der Waals surface area contributed by atoms with Gasteiger partial charge in [0.2, 0.25) is 12.4 Å². The Balaban J connectivity index is 2.51. The summed E-state index contributed by atoms with van der Waals surface area (Å²) in [6.45, 7) is 5.50. The van der Waals surface area contributed by atoms with Crippen molar-refractivity contribution in [1.82, 2.24) is 0 Å². The van der Waals surface area contributed by atoms with Gasteiger partial charge in [-0.25, -0.2) is 0 Å². The van der Waals surface area contributed by atoms with E-state index in [1.165, 1.54) is 26.0 Å². The van der Waals surface area contributed by atoms with Gasteiger partial charge in [0.05, 0.1) is 5.56 Å². The van der Waals surface area contributed by atoms with E-state index in [1.807, 2.05) is 0 Å². The van der Waals surface area contributed by atoms with E-state index in [0.29, 0.717) is 0 Å². The van der Waals surface area contributed by atoms with Crippen LogP contribution in [-0.2, 0) is 42.9 Å². The maximum absolute atomic E-state index is 12.0. The summed E-state index contributed by atoms with van der Waals surface area (Å²) < 4.78 is 32.7. The first-order chi connectivity index (χ1) is 15.5. The number of hydrogen-bond acceptors (Lipinski definition) is 11. The number of hydrogen-bond donors (Lipinski definition) is 0. The molecule has 1 aliphatic heterocycles. The van der Waals surface area contributed by atoms with Gasteiger partial charge in [-0.1, -0.05) is 12.1 Å². The van der Waals surface area contributed by atoms with E-state index >= 15 is 0 Å². The van der Waals surface area contributed by atoms with Crippen LogP contribution in [0.15, 0.2) is 24.3 Å². The van der Waals surface area contributed by atoms with Crippen LogP contribution >= 0.6 is 0 Å². The highest BCUT2D eigenvalue weighted by Crippen LogP contribution is 2.32. The van der Waals surface area contributed by atoms with Gasteiger partial charge < -0.3 is 28.4 Å². The van der Waals surface area contributed by atoms with E-state index in [2.05, 4.69) is 0 Å². The quantitative estimate of drug-likeness (QED) is 0.311. The molecule has 0 radical (unpaired) electrons. The molecule has 0 bridgehead atoms. The van der Waals surface area contributed by atoms with Crippen LogP contribution in [0, 0.1) is 0 Å². The first kappa shape index (κ1) is 25.8. The van der Waals surface area contributed by atoms with Crippen molar-refractivity contribution in [3.63, 3.8) is 0 Å². The maximum atomic E-state index is 12.0. The van der Waals surface area contributed by atoms with Crippen LogP contribution in [0.5, 0.6) is 5.75 Å². The third-order valence-corrected chi connectivity index (χ3v) is 4.46. The molecule has 1 aromatic rings. The molecule has 0 aliphatic carbocycles. The van der Waals surface area contributed by atoms with Gasteiger partial charge in [0.1, 0.15) is 18.5 Å². The van der Waals surface area contributed by atoms with E-state index in [0.717, 1.165) is 20.8 Å². The molecule has 1 aromatic carbocycles. The predicted octanol–water partition coefficient (Wildman–Crippen LogP) is 1.35. The summed E-state index contributed by atoms with van der Waals surface area (Å²) in [6.07, 6.45) is -6.60. The number of para-hydroxylation sites is 1. The highest BCUT2D eigenvalue weighted by atomic mass is 16.7. The zero-order chi connectivity index (χ0) is 24.7. The first-order valence-electron chi connectivity index (χ1n) is 10.1. The third-order valence-electron chi connectivity index (χ3n) is 4.46. The fraction of sp³-hybridized carbons (Fsp3) is 0.500. The molecule has 1 aliphatic rings. The molecule has 11 heteroatoms. The molecule has 1 fully saturated rings. The van der Waals surface area contributed by atoms with Crippen molar-refractivity contribution >= 4 is 29.7 Å². The predicted molar refractivity (Wildman–Crippen MR) is 109 cm³/mol. The van der Waals surface area contributed by atoms with Gasteiger partial charge in [0, 0.05) is 27.7 Å². The zero-order valence-corrected chi connectivity index (χ0v) is 18.9. The Morgan fingerprint density at radius 3 is 1.85 bits per heavy atom. The van der Waals surface area contributed by atoms with Crippen molar-refractivity contribution in [2.24, 2.45) is 0 Å². The van der Waals surface area contributed by atoms with E-state index in [9.17, 15) is 24.0 Å². The monoisotopic (exact) mass is 466 g/mol. The van der Waals surface area contributed by atoms with Crippen LogP contribution in [0.4, 0.5) is 0 Å². The molecule has 0 N–H and O–H groups in total. The third kappa shape index (κ3) is 7.28. The molecule has 1 heterocycles. The Labute approximate surface area is 190 Å². The fourth-order valence-corrected chi connectivity index (χ4v) is 3.27. The summed E-state index contributed by atoms with van der Waals surface area (Å²) in [5.74, 6) is -3.07. The Bertz CT molecular complexity index is 909. The number of rotatable bonds is 8. The van der Waals surface area contributed by atoms with E-state index in [1.54, 1.807) is 12.1 Å². The molecule has 0 unspecified atom stereocenters. The van der Waals surface area contributed by atoms with Gasteiger partial charge in [-0.05, 0) is 19.1 Å². The van der Waals surface area contributed by atoms with E-state index in [-0.39, 0.29) is 23.7 Å².